The van der Waals surface area contributed by atoms with Crippen LogP contribution in [0.25, 0.3) is 11.1 Å². The molecule has 1 fully saturated rings. The molecule has 0 saturated carbocycles. The van der Waals surface area contributed by atoms with Gasteiger partial charge in [-0.05, 0) is 80.4 Å². The first-order valence-corrected chi connectivity index (χ1v) is 13.1. The number of anilines is 1. The lowest BCUT2D eigenvalue weighted by molar-refractivity contribution is -0.274. The number of rotatable bonds is 5. The van der Waals surface area contributed by atoms with E-state index in [2.05, 4.69) is 10.1 Å². The van der Waals surface area contributed by atoms with Gasteiger partial charge in [-0.3, -0.25) is 9.59 Å². The van der Waals surface area contributed by atoms with E-state index in [4.69, 9.17) is 4.74 Å². The molecule has 1 aliphatic heterocycles. The summed E-state index contributed by atoms with van der Waals surface area (Å²) in [4.78, 5) is 42.5. The number of aromatic hydroxyl groups is 1. The van der Waals surface area contributed by atoms with Crippen LogP contribution in [-0.4, -0.2) is 71.0 Å². The molecule has 0 unspecified atom stereocenters. The number of phenolic OH excluding ortho intramolecular Hbond substituents is 1. The van der Waals surface area contributed by atoms with Crippen LogP contribution in [-0.2, 0) is 4.74 Å². The van der Waals surface area contributed by atoms with E-state index in [0.717, 1.165) is 12.1 Å². The van der Waals surface area contributed by atoms with Crippen molar-refractivity contribution in [3.8, 4) is 22.6 Å². The molecule has 2 N–H and O–H groups in total. The average Bonchev–Trinajstić information content (AvgIpc) is 2.92. The molecule has 0 radical (unpaired) electrons. The third kappa shape index (κ3) is 7.93. The average molecular weight is 586 g/mol. The van der Waals surface area contributed by atoms with Crippen LogP contribution in [0.4, 0.5) is 23.7 Å². The standard InChI is InChI=1S/C30H30F3N3O6/c1-29(2,3)42-28(40)36-15-13-35(14-16-36)27(39)24-12-7-20(19-5-4-6-22(37)17-19)18-25(24)26(38)34-21-8-10-23(11-9-21)41-30(31,32)33/h4-12,17-18,37H,13-16H2,1-3H3,(H,34,38). The molecule has 0 spiro atoms. The van der Waals surface area contributed by atoms with Gasteiger partial charge in [-0.15, -0.1) is 13.2 Å². The molecule has 0 bridgehead atoms. The van der Waals surface area contributed by atoms with Crippen LogP contribution in [0.5, 0.6) is 11.5 Å². The second-order valence-corrected chi connectivity index (χ2v) is 10.6. The maximum Gasteiger partial charge on any atom is 0.573 e. The molecule has 12 heteroatoms. The second-order valence-electron chi connectivity index (χ2n) is 10.6. The molecular formula is C30H30F3N3O6. The van der Waals surface area contributed by atoms with Crippen molar-refractivity contribution in [1.82, 2.24) is 9.80 Å². The molecule has 1 aliphatic rings. The molecule has 0 aromatic heterocycles. The topological polar surface area (TPSA) is 108 Å². The number of amides is 3. The first-order valence-electron chi connectivity index (χ1n) is 13.1. The van der Waals surface area contributed by atoms with Crippen molar-refractivity contribution in [1.29, 1.82) is 0 Å². The fourth-order valence-corrected chi connectivity index (χ4v) is 4.31. The third-order valence-corrected chi connectivity index (χ3v) is 6.24. The maximum atomic E-state index is 13.6. The summed E-state index contributed by atoms with van der Waals surface area (Å²) in [6.45, 7) is 6.22. The summed E-state index contributed by atoms with van der Waals surface area (Å²) in [6, 6.07) is 15.7. The first-order chi connectivity index (χ1) is 19.7. The minimum Gasteiger partial charge on any atom is -0.508 e. The Morgan fingerprint density at radius 2 is 1.43 bits per heavy atom. The molecule has 3 aromatic rings. The zero-order valence-corrected chi connectivity index (χ0v) is 23.2. The van der Waals surface area contributed by atoms with E-state index in [1.165, 1.54) is 46.2 Å². The third-order valence-electron chi connectivity index (χ3n) is 6.24. The van der Waals surface area contributed by atoms with Crippen LogP contribution in [0.3, 0.4) is 0 Å². The normalized spacial score (nSPS) is 13.9. The number of ether oxygens (including phenoxy) is 2. The fraction of sp³-hybridized carbons (Fsp3) is 0.300. The summed E-state index contributed by atoms with van der Waals surface area (Å²) in [5, 5.41) is 12.5. The molecular weight excluding hydrogens is 555 g/mol. The molecule has 42 heavy (non-hydrogen) atoms. The van der Waals surface area contributed by atoms with E-state index in [1.54, 1.807) is 39.0 Å². The number of hydrogen-bond donors (Lipinski definition) is 2. The smallest absolute Gasteiger partial charge is 0.508 e. The Balaban J connectivity index is 1.57. The lowest BCUT2D eigenvalue weighted by atomic mass is 9.97. The number of halogens is 3. The lowest BCUT2D eigenvalue weighted by Crippen LogP contribution is -2.51. The van der Waals surface area contributed by atoms with Gasteiger partial charge in [0.05, 0.1) is 11.1 Å². The van der Waals surface area contributed by atoms with Crippen LogP contribution >= 0.6 is 0 Å². The van der Waals surface area contributed by atoms with Crippen molar-refractivity contribution < 1.29 is 42.1 Å². The molecule has 0 aliphatic carbocycles. The molecule has 0 atom stereocenters. The van der Waals surface area contributed by atoms with Crippen molar-refractivity contribution in [3.05, 3.63) is 77.9 Å². The van der Waals surface area contributed by atoms with Gasteiger partial charge in [-0.2, -0.15) is 0 Å². The van der Waals surface area contributed by atoms with Crippen molar-refractivity contribution >= 4 is 23.6 Å². The number of nitrogens with zero attached hydrogens (tertiary/aromatic N) is 2. The highest BCUT2D eigenvalue weighted by atomic mass is 19.4. The number of carbonyl (C=O) groups is 3. The molecule has 222 valence electrons. The van der Waals surface area contributed by atoms with E-state index >= 15 is 0 Å². The minimum atomic E-state index is -4.86. The highest BCUT2D eigenvalue weighted by Crippen LogP contribution is 2.28. The largest absolute Gasteiger partial charge is 0.573 e. The summed E-state index contributed by atoms with van der Waals surface area (Å²) in [6.07, 6.45) is -5.33. The van der Waals surface area contributed by atoms with Crippen LogP contribution in [0.1, 0.15) is 41.5 Å². The Labute approximate surface area is 240 Å². The number of piperazine rings is 1. The van der Waals surface area contributed by atoms with E-state index in [9.17, 15) is 32.7 Å². The van der Waals surface area contributed by atoms with Crippen molar-refractivity contribution in [2.75, 3.05) is 31.5 Å². The maximum absolute atomic E-state index is 13.6. The van der Waals surface area contributed by atoms with E-state index in [-0.39, 0.29) is 48.7 Å². The Hall–Kier alpha value is -4.74. The molecule has 3 amide bonds. The van der Waals surface area contributed by atoms with Gasteiger partial charge >= 0.3 is 12.5 Å². The lowest BCUT2D eigenvalue weighted by Gasteiger charge is -2.35. The molecule has 4 rings (SSSR count). The van der Waals surface area contributed by atoms with Crippen LogP contribution < -0.4 is 10.1 Å². The first kappa shape index (κ1) is 30.2. The summed E-state index contributed by atoms with van der Waals surface area (Å²) >= 11 is 0. The number of alkyl halides is 3. The Kier molecular flexibility index (Phi) is 8.64. The summed E-state index contributed by atoms with van der Waals surface area (Å²) in [5.41, 5.74) is 0.792. The summed E-state index contributed by atoms with van der Waals surface area (Å²) < 4.78 is 46.8. The number of carbonyl (C=O) groups excluding carboxylic acids is 3. The van der Waals surface area contributed by atoms with Gasteiger partial charge in [0.15, 0.2) is 0 Å². The van der Waals surface area contributed by atoms with Gasteiger partial charge in [0.25, 0.3) is 11.8 Å². The monoisotopic (exact) mass is 585 g/mol. The number of benzene rings is 3. The van der Waals surface area contributed by atoms with Crippen molar-refractivity contribution in [2.45, 2.75) is 32.7 Å². The number of hydrogen-bond acceptors (Lipinski definition) is 6. The fourth-order valence-electron chi connectivity index (χ4n) is 4.31. The van der Waals surface area contributed by atoms with Gasteiger partial charge in [0.1, 0.15) is 17.1 Å². The summed E-state index contributed by atoms with van der Waals surface area (Å²) in [7, 11) is 0. The Morgan fingerprint density at radius 1 is 0.810 bits per heavy atom. The van der Waals surface area contributed by atoms with E-state index in [0.29, 0.717) is 11.1 Å². The second kappa shape index (κ2) is 12.0. The highest BCUT2D eigenvalue weighted by Gasteiger charge is 2.32. The predicted molar refractivity (Wildman–Crippen MR) is 148 cm³/mol. The zero-order chi connectivity index (χ0) is 30.7. The zero-order valence-electron chi connectivity index (χ0n) is 23.2. The molecule has 1 saturated heterocycles. The molecule has 1 heterocycles. The Bertz CT molecular complexity index is 1460. The number of phenols is 1. The van der Waals surface area contributed by atoms with Gasteiger partial charge in [0.2, 0.25) is 0 Å². The van der Waals surface area contributed by atoms with E-state index < -0.39 is 35.6 Å². The quantitative estimate of drug-likeness (QED) is 0.386. The van der Waals surface area contributed by atoms with Gasteiger partial charge in [-0.1, -0.05) is 18.2 Å². The van der Waals surface area contributed by atoms with Gasteiger partial charge in [0, 0.05) is 31.9 Å². The number of nitrogens with one attached hydrogen (secondary N) is 1. The van der Waals surface area contributed by atoms with Gasteiger partial charge in [-0.25, -0.2) is 4.79 Å². The molecule has 9 nitrogen and oxygen atoms in total. The highest BCUT2D eigenvalue weighted by molar-refractivity contribution is 6.12. The predicted octanol–water partition coefficient (Wildman–Crippen LogP) is 5.90. The summed E-state index contributed by atoms with van der Waals surface area (Å²) in [5.74, 6) is -1.53. The van der Waals surface area contributed by atoms with E-state index in [1.807, 2.05) is 0 Å². The van der Waals surface area contributed by atoms with Gasteiger partial charge < -0.3 is 29.7 Å². The SMILES string of the molecule is CC(C)(C)OC(=O)N1CCN(C(=O)c2ccc(-c3cccc(O)c3)cc2C(=O)Nc2ccc(OC(F)(F)F)cc2)CC1. The van der Waals surface area contributed by atoms with Crippen LogP contribution in [0.15, 0.2) is 66.7 Å². The molecule has 3 aromatic carbocycles. The minimum absolute atomic E-state index is 0.0164. The van der Waals surface area contributed by atoms with Crippen molar-refractivity contribution in [2.24, 2.45) is 0 Å². The van der Waals surface area contributed by atoms with Crippen molar-refractivity contribution in [3.63, 3.8) is 0 Å². The van der Waals surface area contributed by atoms with Crippen LogP contribution in [0, 0.1) is 0 Å². The Morgan fingerprint density at radius 3 is 2.02 bits per heavy atom. The van der Waals surface area contributed by atoms with Crippen LogP contribution in [0.2, 0.25) is 0 Å².